The lowest BCUT2D eigenvalue weighted by Crippen LogP contribution is -1.95. The van der Waals surface area contributed by atoms with Crippen LogP contribution in [0, 0.1) is 18.8 Å². The van der Waals surface area contributed by atoms with Crippen LogP contribution in [0.5, 0.6) is 0 Å². The van der Waals surface area contributed by atoms with Crippen molar-refractivity contribution >= 4 is 17.6 Å². The molecule has 1 aromatic heterocycles. The van der Waals surface area contributed by atoms with Crippen LogP contribution in [-0.4, -0.2) is 18.1 Å². The Morgan fingerprint density at radius 1 is 1.57 bits per heavy atom. The van der Waals surface area contributed by atoms with Crippen molar-refractivity contribution in [1.29, 1.82) is 0 Å². The number of methoxy groups -OCH3 is 1. The maximum Gasteiger partial charge on any atom is 0.384 e. The minimum absolute atomic E-state index is 0.293. The fourth-order valence-corrected chi connectivity index (χ4v) is 1.03. The molecule has 0 amide bonds. The van der Waals surface area contributed by atoms with Gasteiger partial charge in [0.25, 0.3) is 0 Å². The van der Waals surface area contributed by atoms with E-state index in [2.05, 4.69) is 21.6 Å². The molecule has 1 heterocycles. The molecule has 0 radical (unpaired) electrons. The summed E-state index contributed by atoms with van der Waals surface area (Å²) in [4.78, 5) is 14.7. The Morgan fingerprint density at radius 3 is 2.86 bits per heavy atom. The molecule has 0 saturated heterocycles. The Balaban J connectivity index is 2.96. The maximum absolute atomic E-state index is 10.7. The predicted octanol–water partition coefficient (Wildman–Crippen LogP) is 1.57. The summed E-state index contributed by atoms with van der Waals surface area (Å²) in [6, 6.07) is 3.48. The zero-order valence-electron chi connectivity index (χ0n) is 7.80. The third-order valence-electron chi connectivity index (χ3n) is 1.47. The lowest BCUT2D eigenvalue weighted by Gasteiger charge is -1.95. The number of hydrogen-bond acceptors (Lipinski definition) is 3. The summed E-state index contributed by atoms with van der Waals surface area (Å²) in [5.41, 5.74) is 1.32. The second-order valence-electron chi connectivity index (χ2n) is 2.53. The van der Waals surface area contributed by atoms with Gasteiger partial charge < -0.3 is 4.74 Å². The molecule has 4 heteroatoms. The van der Waals surface area contributed by atoms with Crippen LogP contribution in [-0.2, 0) is 9.53 Å². The molecular formula is C10H8ClNO2. The average Bonchev–Trinajstić information content (AvgIpc) is 2.16. The van der Waals surface area contributed by atoms with E-state index in [0.717, 1.165) is 5.69 Å². The van der Waals surface area contributed by atoms with Crippen LogP contribution in [0.15, 0.2) is 12.1 Å². The largest absolute Gasteiger partial charge is 0.459 e. The summed E-state index contributed by atoms with van der Waals surface area (Å²) in [7, 11) is 1.27. The third-order valence-corrected chi connectivity index (χ3v) is 1.76. The summed E-state index contributed by atoms with van der Waals surface area (Å²) >= 11 is 5.79. The molecule has 0 aromatic carbocycles. The number of aromatic nitrogens is 1. The van der Waals surface area contributed by atoms with E-state index >= 15 is 0 Å². The molecule has 14 heavy (non-hydrogen) atoms. The Morgan fingerprint density at radius 2 is 2.29 bits per heavy atom. The van der Waals surface area contributed by atoms with Gasteiger partial charge in [-0.3, -0.25) is 0 Å². The number of rotatable bonds is 0. The number of aryl methyl sites for hydroxylation is 1. The Bertz CT molecular complexity index is 418. The summed E-state index contributed by atoms with van der Waals surface area (Å²) < 4.78 is 4.36. The standard InChI is InChI=1S/C10H8ClNO2/c1-7-3-4-8(10(11)12-7)5-6-9(13)14-2/h3-4H,1-2H3. The van der Waals surface area contributed by atoms with Crippen LogP contribution < -0.4 is 0 Å². The maximum atomic E-state index is 10.7. The van der Waals surface area contributed by atoms with E-state index in [1.165, 1.54) is 7.11 Å². The molecule has 0 N–H and O–H groups in total. The van der Waals surface area contributed by atoms with Crippen molar-refractivity contribution in [3.63, 3.8) is 0 Å². The number of halogens is 1. The van der Waals surface area contributed by atoms with E-state index in [-0.39, 0.29) is 0 Å². The van der Waals surface area contributed by atoms with E-state index in [1.54, 1.807) is 12.1 Å². The van der Waals surface area contributed by atoms with E-state index in [9.17, 15) is 4.79 Å². The van der Waals surface area contributed by atoms with Crippen LogP contribution in [0.3, 0.4) is 0 Å². The lowest BCUT2D eigenvalue weighted by atomic mass is 10.2. The van der Waals surface area contributed by atoms with Gasteiger partial charge in [-0.15, -0.1) is 0 Å². The van der Waals surface area contributed by atoms with Crippen molar-refractivity contribution in [1.82, 2.24) is 4.98 Å². The van der Waals surface area contributed by atoms with Crippen molar-refractivity contribution in [3.05, 3.63) is 28.5 Å². The summed E-state index contributed by atoms with van der Waals surface area (Å²) in [6.07, 6.45) is 0. The van der Waals surface area contributed by atoms with Crippen LogP contribution >= 0.6 is 11.6 Å². The lowest BCUT2D eigenvalue weighted by molar-refractivity contribution is -0.133. The first-order valence-electron chi connectivity index (χ1n) is 3.86. The summed E-state index contributed by atoms with van der Waals surface area (Å²) in [6.45, 7) is 1.82. The highest BCUT2D eigenvalue weighted by Crippen LogP contribution is 2.11. The number of carbonyl (C=O) groups excluding carboxylic acids is 1. The van der Waals surface area contributed by atoms with Gasteiger partial charge in [-0.2, -0.15) is 0 Å². The van der Waals surface area contributed by atoms with Crippen molar-refractivity contribution in [3.8, 4) is 11.8 Å². The first kappa shape index (κ1) is 10.6. The molecule has 0 atom stereocenters. The molecule has 1 aromatic rings. The highest BCUT2D eigenvalue weighted by molar-refractivity contribution is 6.30. The number of esters is 1. The van der Waals surface area contributed by atoms with Crippen LogP contribution in [0.1, 0.15) is 11.3 Å². The molecule has 0 saturated carbocycles. The van der Waals surface area contributed by atoms with E-state index in [1.807, 2.05) is 6.92 Å². The zero-order valence-corrected chi connectivity index (χ0v) is 8.55. The molecule has 0 aliphatic heterocycles. The van der Waals surface area contributed by atoms with Gasteiger partial charge in [-0.05, 0) is 19.1 Å². The van der Waals surface area contributed by atoms with Gasteiger partial charge in [0, 0.05) is 11.6 Å². The fourth-order valence-electron chi connectivity index (χ4n) is 0.788. The molecule has 0 bridgehead atoms. The number of nitrogens with zero attached hydrogens (tertiary/aromatic N) is 1. The molecule has 72 valence electrons. The molecule has 1 rings (SSSR count). The minimum atomic E-state index is -0.596. The SMILES string of the molecule is COC(=O)C#Cc1ccc(C)nc1Cl. The molecular weight excluding hydrogens is 202 g/mol. The summed E-state index contributed by atoms with van der Waals surface area (Å²) in [5.74, 6) is 4.25. The second kappa shape index (κ2) is 4.64. The van der Waals surface area contributed by atoms with Gasteiger partial charge >= 0.3 is 5.97 Å². The van der Waals surface area contributed by atoms with Crippen molar-refractivity contribution in [2.24, 2.45) is 0 Å². The molecule has 3 nitrogen and oxygen atoms in total. The topological polar surface area (TPSA) is 39.2 Å². The van der Waals surface area contributed by atoms with Crippen LogP contribution in [0.4, 0.5) is 0 Å². The highest BCUT2D eigenvalue weighted by atomic mass is 35.5. The van der Waals surface area contributed by atoms with Crippen LogP contribution in [0.2, 0.25) is 5.15 Å². The van der Waals surface area contributed by atoms with Crippen molar-refractivity contribution in [2.45, 2.75) is 6.92 Å². The Hall–Kier alpha value is -1.53. The fraction of sp³-hybridized carbons (Fsp3) is 0.200. The second-order valence-corrected chi connectivity index (χ2v) is 2.89. The number of ether oxygens (including phenoxy) is 1. The number of carbonyl (C=O) groups is 1. The zero-order chi connectivity index (χ0) is 10.6. The average molecular weight is 210 g/mol. The smallest absolute Gasteiger partial charge is 0.384 e. The Labute approximate surface area is 87.1 Å². The Kier molecular flexibility index (Phi) is 3.49. The van der Waals surface area contributed by atoms with Gasteiger partial charge in [0.15, 0.2) is 0 Å². The molecule has 0 spiro atoms. The van der Waals surface area contributed by atoms with Gasteiger partial charge in [-0.25, -0.2) is 9.78 Å². The molecule has 0 fully saturated rings. The third kappa shape index (κ3) is 2.75. The predicted molar refractivity (Wildman–Crippen MR) is 52.9 cm³/mol. The van der Waals surface area contributed by atoms with Gasteiger partial charge in [0.05, 0.1) is 12.7 Å². The van der Waals surface area contributed by atoms with Crippen molar-refractivity contribution in [2.75, 3.05) is 7.11 Å². The quantitative estimate of drug-likeness (QED) is 0.370. The van der Waals surface area contributed by atoms with Gasteiger partial charge in [0.1, 0.15) is 5.15 Å². The van der Waals surface area contributed by atoms with E-state index in [0.29, 0.717) is 10.7 Å². The minimum Gasteiger partial charge on any atom is -0.459 e. The van der Waals surface area contributed by atoms with Gasteiger partial charge in [0.2, 0.25) is 0 Å². The number of pyridine rings is 1. The molecule has 0 unspecified atom stereocenters. The monoisotopic (exact) mass is 209 g/mol. The van der Waals surface area contributed by atoms with Crippen molar-refractivity contribution < 1.29 is 9.53 Å². The first-order chi connectivity index (χ1) is 6.63. The summed E-state index contributed by atoms with van der Waals surface area (Å²) in [5, 5.41) is 0.293. The number of hydrogen-bond donors (Lipinski definition) is 0. The van der Waals surface area contributed by atoms with E-state index in [4.69, 9.17) is 11.6 Å². The van der Waals surface area contributed by atoms with Gasteiger partial charge in [-0.1, -0.05) is 17.5 Å². The normalized spacial score (nSPS) is 8.79. The highest BCUT2D eigenvalue weighted by Gasteiger charge is 1.98. The molecule has 0 aliphatic rings. The van der Waals surface area contributed by atoms with E-state index < -0.39 is 5.97 Å². The molecule has 0 aliphatic carbocycles. The first-order valence-corrected chi connectivity index (χ1v) is 4.24. The van der Waals surface area contributed by atoms with Crippen LogP contribution in [0.25, 0.3) is 0 Å².